The van der Waals surface area contributed by atoms with E-state index in [9.17, 15) is 9.59 Å². The van der Waals surface area contributed by atoms with Gasteiger partial charge in [0.05, 0.1) is 18.6 Å². The minimum Gasteiger partial charge on any atom is -0.466 e. The molecule has 2 bridgehead atoms. The predicted octanol–water partition coefficient (Wildman–Crippen LogP) is 1.57. The molecule has 0 aromatic rings. The lowest BCUT2D eigenvalue weighted by atomic mass is 9.77. The van der Waals surface area contributed by atoms with Gasteiger partial charge in [-0.25, -0.2) is 4.79 Å². The molecule has 1 fully saturated rings. The Kier molecular flexibility index (Phi) is 4.11. The normalized spacial score (nSPS) is 29.5. The molecule has 0 unspecified atom stereocenters. The molecule has 3 rings (SSSR count). The Bertz CT molecular complexity index is 402. The van der Waals surface area contributed by atoms with Crippen molar-refractivity contribution >= 4 is 23.7 Å². The molecule has 0 radical (unpaired) electrons. The monoisotopic (exact) mass is 268 g/mol. The van der Waals surface area contributed by atoms with Gasteiger partial charge in [-0.05, 0) is 18.1 Å². The van der Waals surface area contributed by atoms with Gasteiger partial charge in [-0.2, -0.15) is 11.8 Å². The highest BCUT2D eigenvalue weighted by Gasteiger charge is 2.45. The second-order valence-electron chi connectivity index (χ2n) is 4.39. The molecule has 0 aromatic carbocycles. The van der Waals surface area contributed by atoms with Gasteiger partial charge in [0.25, 0.3) is 0 Å². The molecule has 0 spiro atoms. The summed E-state index contributed by atoms with van der Waals surface area (Å²) in [4.78, 5) is 23.2. The molecule has 1 aliphatic carbocycles. The lowest BCUT2D eigenvalue weighted by Crippen LogP contribution is -2.45. The van der Waals surface area contributed by atoms with E-state index in [0.29, 0.717) is 12.0 Å². The summed E-state index contributed by atoms with van der Waals surface area (Å²) in [5.74, 6) is 1.08. The van der Waals surface area contributed by atoms with Crippen LogP contribution in [0.4, 0.5) is 0 Å². The van der Waals surface area contributed by atoms with Crippen molar-refractivity contribution in [1.82, 2.24) is 0 Å². The molecule has 4 nitrogen and oxygen atoms in total. The fraction of sp³-hybridized carbons (Fsp3) is 0.538. The summed E-state index contributed by atoms with van der Waals surface area (Å²) in [5.41, 5.74) is 0.493. The Labute approximate surface area is 110 Å². The van der Waals surface area contributed by atoms with Crippen molar-refractivity contribution < 1.29 is 19.1 Å². The predicted molar refractivity (Wildman–Crippen MR) is 69.1 cm³/mol. The van der Waals surface area contributed by atoms with Crippen molar-refractivity contribution in [3.8, 4) is 0 Å². The van der Waals surface area contributed by atoms with Crippen molar-refractivity contribution in [1.29, 1.82) is 0 Å². The third-order valence-electron chi connectivity index (χ3n) is 3.25. The van der Waals surface area contributed by atoms with Crippen LogP contribution in [-0.2, 0) is 19.1 Å². The van der Waals surface area contributed by atoms with E-state index >= 15 is 0 Å². The van der Waals surface area contributed by atoms with E-state index in [1.165, 1.54) is 7.11 Å². The van der Waals surface area contributed by atoms with E-state index in [1.54, 1.807) is 17.8 Å². The molecule has 3 atom stereocenters. The molecule has 1 saturated heterocycles. The first kappa shape index (κ1) is 13.2. The quantitative estimate of drug-likeness (QED) is 0.430. The molecule has 2 heterocycles. The number of esters is 2. The Morgan fingerprint density at radius 1 is 1.72 bits per heavy atom. The summed E-state index contributed by atoms with van der Waals surface area (Å²) < 4.78 is 9.91. The van der Waals surface area contributed by atoms with Crippen LogP contribution in [0.25, 0.3) is 0 Å². The lowest BCUT2D eigenvalue weighted by Gasteiger charge is -2.39. The molecule has 3 aliphatic rings. The average Bonchev–Trinajstić information content (AvgIpc) is 2.38. The summed E-state index contributed by atoms with van der Waals surface area (Å²) in [6.07, 6.45) is 3.86. The summed E-state index contributed by atoms with van der Waals surface area (Å²) in [5, 5.41) is 0. The Hall–Kier alpha value is -1.23. The number of ether oxygens (including phenoxy) is 2. The number of hydrogen-bond donors (Lipinski definition) is 0. The molecule has 0 aromatic heterocycles. The molecule has 0 saturated carbocycles. The summed E-state index contributed by atoms with van der Waals surface area (Å²) >= 11 is 1.75. The van der Waals surface area contributed by atoms with Crippen LogP contribution in [0.5, 0.6) is 0 Å². The van der Waals surface area contributed by atoms with Crippen LogP contribution in [0, 0.1) is 11.8 Å². The van der Waals surface area contributed by atoms with Crippen LogP contribution in [0.3, 0.4) is 0 Å². The minimum absolute atomic E-state index is 0.219. The van der Waals surface area contributed by atoms with Crippen molar-refractivity contribution in [2.75, 3.05) is 18.6 Å². The number of carbonyl (C=O) groups excluding carboxylic acids is 2. The number of fused-ring (bicyclic) bond motifs is 2. The SMILES string of the molecule is C=CCSC[C@@H]1C[C@@H]2OC(=O)[C@H]1C=C2C(=O)OC. The van der Waals surface area contributed by atoms with E-state index in [0.717, 1.165) is 11.5 Å². The molecule has 0 amide bonds. The number of carbonyl (C=O) groups is 2. The fourth-order valence-electron chi connectivity index (χ4n) is 2.37. The van der Waals surface area contributed by atoms with E-state index in [1.807, 2.05) is 6.08 Å². The van der Waals surface area contributed by atoms with Crippen molar-refractivity contribution in [3.05, 3.63) is 24.3 Å². The van der Waals surface area contributed by atoms with E-state index in [4.69, 9.17) is 9.47 Å². The number of rotatable bonds is 5. The highest BCUT2D eigenvalue weighted by atomic mass is 32.2. The maximum absolute atomic E-state index is 11.7. The van der Waals surface area contributed by atoms with Gasteiger partial charge in [0.15, 0.2) is 0 Å². The van der Waals surface area contributed by atoms with Crippen LogP contribution in [0.1, 0.15) is 6.42 Å². The number of hydrogen-bond acceptors (Lipinski definition) is 5. The van der Waals surface area contributed by atoms with Crippen LogP contribution in [-0.4, -0.2) is 36.7 Å². The first-order chi connectivity index (χ1) is 8.67. The van der Waals surface area contributed by atoms with Gasteiger partial charge in [0.1, 0.15) is 6.10 Å². The zero-order valence-electron chi connectivity index (χ0n) is 10.3. The zero-order chi connectivity index (χ0) is 13.1. The molecular weight excluding hydrogens is 252 g/mol. The molecule has 18 heavy (non-hydrogen) atoms. The second-order valence-corrected chi connectivity index (χ2v) is 5.46. The summed E-state index contributed by atoms with van der Waals surface area (Å²) in [6, 6.07) is 0. The maximum Gasteiger partial charge on any atom is 0.337 e. The Balaban J connectivity index is 2.08. The van der Waals surface area contributed by atoms with Crippen LogP contribution < -0.4 is 0 Å². The largest absolute Gasteiger partial charge is 0.466 e. The molecule has 5 heteroatoms. The smallest absolute Gasteiger partial charge is 0.337 e. The molecule has 98 valence electrons. The third-order valence-corrected chi connectivity index (χ3v) is 4.39. The summed E-state index contributed by atoms with van der Waals surface area (Å²) in [7, 11) is 1.34. The summed E-state index contributed by atoms with van der Waals surface area (Å²) in [6.45, 7) is 3.67. The zero-order valence-corrected chi connectivity index (χ0v) is 11.1. The van der Waals surface area contributed by atoms with Gasteiger partial charge in [-0.15, -0.1) is 6.58 Å². The topological polar surface area (TPSA) is 52.6 Å². The van der Waals surface area contributed by atoms with Crippen LogP contribution in [0.15, 0.2) is 24.3 Å². The highest BCUT2D eigenvalue weighted by Crippen LogP contribution is 2.39. The van der Waals surface area contributed by atoms with Crippen LogP contribution in [0.2, 0.25) is 0 Å². The first-order valence-electron chi connectivity index (χ1n) is 5.86. The fourth-order valence-corrected chi connectivity index (χ4v) is 3.32. The van der Waals surface area contributed by atoms with Crippen molar-refractivity contribution in [2.24, 2.45) is 11.8 Å². The van der Waals surface area contributed by atoms with Crippen molar-refractivity contribution in [3.63, 3.8) is 0 Å². The van der Waals surface area contributed by atoms with Gasteiger partial charge in [-0.3, -0.25) is 4.79 Å². The van der Waals surface area contributed by atoms with E-state index < -0.39 is 12.1 Å². The van der Waals surface area contributed by atoms with Crippen LogP contribution >= 0.6 is 11.8 Å². The maximum atomic E-state index is 11.7. The standard InChI is InChI=1S/C13H16O4S/c1-3-4-18-7-8-5-11-10(12(14)16-2)6-9(8)13(15)17-11/h3,6,8-9,11H,1,4-5,7H2,2H3/t8-,9-,11-/m0/s1. The number of methoxy groups -OCH3 is 1. The molecular formula is C13H16O4S. The van der Waals surface area contributed by atoms with Gasteiger partial charge >= 0.3 is 11.9 Å². The molecule has 2 aliphatic heterocycles. The highest BCUT2D eigenvalue weighted by molar-refractivity contribution is 7.99. The first-order valence-corrected chi connectivity index (χ1v) is 7.02. The average molecular weight is 268 g/mol. The third kappa shape index (κ3) is 2.46. The van der Waals surface area contributed by atoms with E-state index in [-0.39, 0.29) is 17.8 Å². The molecule has 0 N–H and O–H groups in total. The second kappa shape index (κ2) is 5.61. The van der Waals surface area contributed by atoms with E-state index in [2.05, 4.69) is 6.58 Å². The minimum atomic E-state index is -0.427. The Morgan fingerprint density at radius 3 is 3.11 bits per heavy atom. The van der Waals surface area contributed by atoms with Crippen molar-refractivity contribution in [2.45, 2.75) is 12.5 Å². The van der Waals surface area contributed by atoms with Gasteiger partial charge in [0, 0.05) is 5.75 Å². The lowest BCUT2D eigenvalue weighted by molar-refractivity contribution is -0.163. The van der Waals surface area contributed by atoms with Gasteiger partial charge in [0.2, 0.25) is 0 Å². The number of thioether (sulfide) groups is 1. The van der Waals surface area contributed by atoms with Gasteiger partial charge in [-0.1, -0.05) is 12.2 Å². The van der Waals surface area contributed by atoms with Gasteiger partial charge < -0.3 is 9.47 Å². The Morgan fingerprint density at radius 2 is 2.50 bits per heavy atom.